The van der Waals surface area contributed by atoms with Gasteiger partial charge in [0.2, 0.25) is 0 Å². The lowest BCUT2D eigenvalue weighted by molar-refractivity contribution is -0.137. The largest absolute Gasteiger partial charge is 0.493 e. The summed E-state index contributed by atoms with van der Waals surface area (Å²) in [6.07, 6.45) is -3.23. The average molecular weight is 705 g/mol. The lowest BCUT2D eigenvalue weighted by Gasteiger charge is -2.16. The monoisotopic (exact) mass is 703 g/mol. The highest BCUT2D eigenvalue weighted by atomic mass is 79.9. The number of halogens is 6. The molecule has 1 aromatic heterocycles. The van der Waals surface area contributed by atoms with Gasteiger partial charge >= 0.3 is 6.18 Å². The first-order chi connectivity index (χ1) is 20.1. The Balaban J connectivity index is 1.58. The molecule has 42 heavy (non-hydrogen) atoms. The summed E-state index contributed by atoms with van der Waals surface area (Å²) in [4.78, 5) is 18.0. The number of nitrogens with zero attached hydrogens (tertiary/aromatic N) is 3. The Hall–Kier alpha value is -4.03. The number of benzene rings is 4. The van der Waals surface area contributed by atoms with Crippen LogP contribution in [0.15, 0.2) is 97.7 Å². The predicted molar refractivity (Wildman–Crippen MR) is 159 cm³/mol. The summed E-state index contributed by atoms with van der Waals surface area (Å²) in [5, 5.41) is 4.60. The van der Waals surface area contributed by atoms with E-state index in [4.69, 9.17) is 9.47 Å². The van der Waals surface area contributed by atoms with Gasteiger partial charge in [-0.25, -0.2) is 9.37 Å². The van der Waals surface area contributed by atoms with E-state index in [9.17, 15) is 22.4 Å². The molecular formula is C30H19Br2F4N3O3. The van der Waals surface area contributed by atoms with Gasteiger partial charge in [-0.05, 0) is 79.9 Å². The highest BCUT2D eigenvalue weighted by Gasteiger charge is 2.31. The maximum absolute atomic E-state index is 13.5. The Bertz CT molecular complexity index is 1870. The van der Waals surface area contributed by atoms with Crippen molar-refractivity contribution >= 4 is 49.0 Å². The van der Waals surface area contributed by atoms with Gasteiger partial charge in [-0.2, -0.15) is 22.9 Å². The quantitative estimate of drug-likeness (QED) is 0.127. The third-order valence-electron chi connectivity index (χ3n) is 6.19. The summed E-state index contributed by atoms with van der Waals surface area (Å²) in [5.74, 6) is 0.263. The van der Waals surface area contributed by atoms with Crippen molar-refractivity contribution in [2.45, 2.75) is 12.8 Å². The highest BCUT2D eigenvalue weighted by Crippen LogP contribution is 2.42. The molecular weight excluding hydrogens is 686 g/mol. The van der Waals surface area contributed by atoms with Gasteiger partial charge in [-0.15, -0.1) is 0 Å². The van der Waals surface area contributed by atoms with E-state index in [-0.39, 0.29) is 29.2 Å². The number of hydrogen-bond acceptors (Lipinski definition) is 5. The van der Waals surface area contributed by atoms with Crippen LogP contribution < -0.4 is 15.0 Å². The molecule has 4 aromatic carbocycles. The predicted octanol–water partition coefficient (Wildman–Crippen LogP) is 8.22. The van der Waals surface area contributed by atoms with Crippen LogP contribution in [-0.2, 0) is 12.8 Å². The highest BCUT2D eigenvalue weighted by molar-refractivity contribution is 9.13. The third kappa shape index (κ3) is 6.09. The zero-order valence-corrected chi connectivity index (χ0v) is 24.8. The first-order valence-corrected chi connectivity index (χ1v) is 13.8. The molecule has 0 amide bonds. The summed E-state index contributed by atoms with van der Waals surface area (Å²) in [6.45, 7) is 0.133. The minimum absolute atomic E-state index is 0.0622. The van der Waals surface area contributed by atoms with Gasteiger partial charge in [-0.3, -0.25) is 4.79 Å². The topological polar surface area (TPSA) is 65.7 Å². The van der Waals surface area contributed by atoms with Crippen LogP contribution in [0.1, 0.15) is 16.7 Å². The van der Waals surface area contributed by atoms with E-state index in [1.54, 1.807) is 42.5 Å². The fourth-order valence-corrected chi connectivity index (χ4v) is 5.03. The number of methoxy groups -OCH3 is 1. The van der Waals surface area contributed by atoms with Crippen LogP contribution in [0.5, 0.6) is 11.5 Å². The van der Waals surface area contributed by atoms with Crippen LogP contribution in [0.25, 0.3) is 22.3 Å². The normalized spacial score (nSPS) is 11.8. The van der Waals surface area contributed by atoms with E-state index in [2.05, 4.69) is 41.9 Å². The van der Waals surface area contributed by atoms with Crippen molar-refractivity contribution in [3.05, 3.63) is 121 Å². The van der Waals surface area contributed by atoms with Gasteiger partial charge in [0, 0.05) is 15.6 Å². The van der Waals surface area contributed by atoms with E-state index in [0.717, 1.165) is 22.4 Å². The van der Waals surface area contributed by atoms with Gasteiger partial charge in [0.25, 0.3) is 5.56 Å². The standard InChI is InChI=1S/C30H19Br2F4N3O3/c1-41-24-14-19(25(31)26(32)27(24)42-16-17-9-11-21(33)12-10-17)15-37-39-28(18-5-4-6-20(13-18)30(34,35)36)38-23-8-3-2-7-22(23)29(39)40/h2-15H,16H2,1H3. The zero-order valence-electron chi connectivity index (χ0n) is 21.6. The molecule has 0 atom stereocenters. The molecule has 0 spiro atoms. The maximum Gasteiger partial charge on any atom is 0.416 e. The van der Waals surface area contributed by atoms with Crippen molar-refractivity contribution in [2.75, 3.05) is 7.11 Å². The van der Waals surface area contributed by atoms with Crippen molar-refractivity contribution in [3.8, 4) is 22.9 Å². The summed E-state index contributed by atoms with van der Waals surface area (Å²) in [7, 11) is 1.45. The Labute approximate surface area is 253 Å². The molecule has 5 rings (SSSR count). The molecule has 0 fully saturated rings. The molecule has 0 saturated carbocycles. The van der Waals surface area contributed by atoms with Crippen molar-refractivity contribution in [1.82, 2.24) is 9.66 Å². The summed E-state index contributed by atoms with van der Waals surface area (Å²) in [5.41, 5.74) is 0.123. The maximum atomic E-state index is 13.5. The zero-order chi connectivity index (χ0) is 30.0. The van der Waals surface area contributed by atoms with Crippen molar-refractivity contribution in [3.63, 3.8) is 0 Å². The first kappa shape index (κ1) is 29.5. The number of hydrogen-bond donors (Lipinski definition) is 0. The third-order valence-corrected chi connectivity index (χ3v) is 8.33. The van der Waals surface area contributed by atoms with Crippen molar-refractivity contribution < 1.29 is 27.0 Å². The molecule has 12 heteroatoms. The molecule has 1 heterocycles. The number of para-hydroxylation sites is 1. The molecule has 0 N–H and O–H groups in total. The van der Waals surface area contributed by atoms with Crippen LogP contribution in [-0.4, -0.2) is 23.0 Å². The lowest BCUT2D eigenvalue weighted by atomic mass is 10.1. The molecule has 0 saturated heterocycles. The molecule has 0 bridgehead atoms. The Morgan fingerprint density at radius 1 is 0.976 bits per heavy atom. The van der Waals surface area contributed by atoms with Crippen LogP contribution in [0.4, 0.5) is 17.6 Å². The van der Waals surface area contributed by atoms with Gasteiger partial charge in [0.15, 0.2) is 17.3 Å². The fraction of sp³-hybridized carbons (Fsp3) is 0.100. The Morgan fingerprint density at radius 2 is 1.71 bits per heavy atom. The SMILES string of the molecule is COc1cc(C=Nn2c(-c3cccc(C(F)(F)F)c3)nc3ccccc3c2=O)c(Br)c(Br)c1OCc1ccc(F)cc1. The summed E-state index contributed by atoms with van der Waals surface area (Å²) in [6, 6.07) is 18.5. The van der Waals surface area contributed by atoms with E-state index in [0.29, 0.717) is 31.5 Å². The molecule has 0 unspecified atom stereocenters. The second kappa shape index (κ2) is 12.1. The average Bonchev–Trinajstić information content (AvgIpc) is 2.98. The second-order valence-electron chi connectivity index (χ2n) is 8.93. The Kier molecular flexibility index (Phi) is 8.46. The Morgan fingerprint density at radius 3 is 2.43 bits per heavy atom. The molecule has 214 valence electrons. The van der Waals surface area contributed by atoms with Crippen LogP contribution in [0.2, 0.25) is 0 Å². The van der Waals surface area contributed by atoms with Gasteiger partial charge in [-0.1, -0.05) is 36.4 Å². The lowest BCUT2D eigenvalue weighted by Crippen LogP contribution is -2.20. The van der Waals surface area contributed by atoms with E-state index < -0.39 is 17.3 Å². The first-order valence-electron chi connectivity index (χ1n) is 12.2. The fourth-order valence-electron chi connectivity index (χ4n) is 4.09. The molecule has 5 aromatic rings. The van der Waals surface area contributed by atoms with Crippen LogP contribution in [0, 0.1) is 5.82 Å². The number of fused-ring (bicyclic) bond motifs is 1. The minimum Gasteiger partial charge on any atom is -0.493 e. The molecule has 6 nitrogen and oxygen atoms in total. The number of ether oxygens (including phenoxy) is 2. The number of rotatable bonds is 7. The van der Waals surface area contributed by atoms with Crippen LogP contribution >= 0.6 is 31.9 Å². The smallest absolute Gasteiger partial charge is 0.416 e. The van der Waals surface area contributed by atoms with Gasteiger partial charge < -0.3 is 9.47 Å². The second-order valence-corrected chi connectivity index (χ2v) is 10.5. The molecule has 0 aliphatic heterocycles. The summed E-state index contributed by atoms with van der Waals surface area (Å²) >= 11 is 7.00. The molecule has 0 aliphatic rings. The van der Waals surface area contributed by atoms with Crippen LogP contribution in [0.3, 0.4) is 0 Å². The van der Waals surface area contributed by atoms with Crippen molar-refractivity contribution in [2.24, 2.45) is 5.10 Å². The van der Waals surface area contributed by atoms with E-state index >= 15 is 0 Å². The number of aromatic nitrogens is 2. The minimum atomic E-state index is -4.59. The molecule has 0 radical (unpaired) electrons. The van der Waals surface area contributed by atoms with Gasteiger partial charge in [0.1, 0.15) is 12.4 Å². The summed E-state index contributed by atoms with van der Waals surface area (Å²) < 4.78 is 67.1. The molecule has 0 aliphatic carbocycles. The van der Waals surface area contributed by atoms with E-state index in [1.165, 1.54) is 37.6 Å². The van der Waals surface area contributed by atoms with Crippen molar-refractivity contribution in [1.29, 1.82) is 0 Å². The number of alkyl halides is 3. The van der Waals surface area contributed by atoms with Gasteiger partial charge in [0.05, 0.1) is 34.3 Å². The van der Waals surface area contributed by atoms with E-state index in [1.807, 2.05) is 0 Å².